The minimum Gasteiger partial charge on any atom is -0.446 e. The van der Waals surface area contributed by atoms with Crippen LogP contribution < -0.4 is 4.90 Å². The molecule has 0 aromatic heterocycles. The Hall–Kier alpha value is -1.99. The lowest BCUT2D eigenvalue weighted by atomic mass is 9.87. The number of anilines is 1. The predicted octanol–water partition coefficient (Wildman–Crippen LogP) is 5.60. The summed E-state index contributed by atoms with van der Waals surface area (Å²) in [6, 6.07) is 7.13. The Balaban J connectivity index is 2.40. The molecular weight excluding hydrogens is 500 g/mol. The molecule has 2 aromatic carbocycles. The molecule has 7 heteroatoms. The number of rotatable bonds is 2. The van der Waals surface area contributed by atoms with Crippen molar-refractivity contribution in [2.45, 2.75) is 41.5 Å². The second-order valence-electron chi connectivity index (χ2n) is 7.98. The third-order valence-electron chi connectivity index (χ3n) is 5.23. The Labute approximate surface area is 187 Å². The molecule has 0 bridgehead atoms. The summed E-state index contributed by atoms with van der Waals surface area (Å²) in [5, 5.41) is 11.2. The van der Waals surface area contributed by atoms with E-state index in [4.69, 9.17) is 0 Å². The van der Waals surface area contributed by atoms with Gasteiger partial charge in [0, 0.05) is 8.95 Å². The summed E-state index contributed by atoms with van der Waals surface area (Å²) in [6.45, 7) is 10.7. The SMILES string of the molecule is Cc1cc(Br)cc(C)c1N1C(=O)C(C)(C)C(=O)[N+](c2c(C)cc(Br)cc2C)=C1O. The topological polar surface area (TPSA) is 60.6 Å². The van der Waals surface area contributed by atoms with Crippen LogP contribution in [0.2, 0.25) is 0 Å². The highest BCUT2D eigenvalue weighted by atomic mass is 79.9. The third-order valence-corrected chi connectivity index (χ3v) is 6.15. The number of halogens is 2. The lowest BCUT2D eigenvalue weighted by Crippen LogP contribution is -2.59. The molecule has 1 aliphatic rings. The molecule has 0 atom stereocenters. The zero-order chi connectivity index (χ0) is 21.8. The number of hydrogen-bond acceptors (Lipinski definition) is 2. The molecule has 2 aromatic rings. The molecule has 0 fully saturated rings. The summed E-state index contributed by atoms with van der Waals surface area (Å²) in [6.07, 6.45) is 0. The fraction of sp³-hybridized carbons (Fsp3) is 0.318. The zero-order valence-corrected chi connectivity index (χ0v) is 20.4. The van der Waals surface area contributed by atoms with Crippen molar-refractivity contribution in [3.05, 3.63) is 55.5 Å². The molecule has 29 heavy (non-hydrogen) atoms. The van der Waals surface area contributed by atoms with Gasteiger partial charge in [-0.05, 0) is 88.1 Å². The van der Waals surface area contributed by atoms with E-state index in [-0.39, 0.29) is 0 Å². The van der Waals surface area contributed by atoms with Crippen LogP contribution in [0.25, 0.3) is 0 Å². The second kappa shape index (κ2) is 7.36. The van der Waals surface area contributed by atoms with E-state index in [1.165, 1.54) is 9.48 Å². The van der Waals surface area contributed by atoms with Crippen LogP contribution >= 0.6 is 31.9 Å². The average Bonchev–Trinajstić information content (AvgIpc) is 2.58. The Morgan fingerprint density at radius 1 is 0.862 bits per heavy atom. The Kier molecular flexibility index (Phi) is 5.51. The van der Waals surface area contributed by atoms with Crippen LogP contribution in [0.5, 0.6) is 0 Å². The lowest BCUT2D eigenvalue weighted by molar-refractivity contribution is -0.388. The number of amidine groups is 1. The summed E-state index contributed by atoms with van der Waals surface area (Å²) in [5.74, 6) is -0.922. The first-order valence-electron chi connectivity index (χ1n) is 9.16. The van der Waals surface area contributed by atoms with Gasteiger partial charge in [-0.3, -0.25) is 0 Å². The van der Waals surface area contributed by atoms with Crippen molar-refractivity contribution < 1.29 is 19.3 Å². The van der Waals surface area contributed by atoms with Gasteiger partial charge in [-0.2, -0.15) is 0 Å². The second-order valence-corrected chi connectivity index (χ2v) is 9.81. The van der Waals surface area contributed by atoms with Gasteiger partial charge in [0.1, 0.15) is 11.4 Å². The number of aliphatic hydroxyl groups excluding tert-OH is 1. The minimum atomic E-state index is -1.34. The lowest BCUT2D eigenvalue weighted by Gasteiger charge is -2.31. The van der Waals surface area contributed by atoms with E-state index in [0.29, 0.717) is 11.4 Å². The quantitative estimate of drug-likeness (QED) is 0.412. The van der Waals surface area contributed by atoms with Crippen molar-refractivity contribution in [3.8, 4) is 0 Å². The van der Waals surface area contributed by atoms with Gasteiger partial charge in [0.2, 0.25) is 0 Å². The van der Waals surface area contributed by atoms with E-state index in [0.717, 1.165) is 31.2 Å². The maximum absolute atomic E-state index is 13.3. The summed E-state index contributed by atoms with van der Waals surface area (Å²) < 4.78 is 3.03. The van der Waals surface area contributed by atoms with Crippen molar-refractivity contribution >= 4 is 61.1 Å². The molecule has 0 aliphatic carbocycles. The monoisotopic (exact) mass is 521 g/mol. The van der Waals surface area contributed by atoms with Crippen molar-refractivity contribution in [2.24, 2.45) is 5.41 Å². The van der Waals surface area contributed by atoms with Gasteiger partial charge in [0.25, 0.3) is 0 Å². The van der Waals surface area contributed by atoms with E-state index in [9.17, 15) is 14.7 Å². The van der Waals surface area contributed by atoms with Crippen molar-refractivity contribution in [2.75, 3.05) is 4.90 Å². The van der Waals surface area contributed by atoms with E-state index >= 15 is 0 Å². The fourth-order valence-electron chi connectivity index (χ4n) is 3.85. The van der Waals surface area contributed by atoms with Crippen LogP contribution in [0, 0.1) is 33.1 Å². The van der Waals surface area contributed by atoms with Crippen molar-refractivity contribution in [3.63, 3.8) is 0 Å². The number of aryl methyl sites for hydroxylation is 4. The maximum Gasteiger partial charge on any atom is 0.469 e. The molecule has 1 N–H and O–H groups in total. The first kappa shape index (κ1) is 21.7. The number of carbonyl (C=O) groups excluding carboxylic acids is 2. The number of nitrogens with zero attached hydrogens (tertiary/aromatic N) is 2. The largest absolute Gasteiger partial charge is 0.469 e. The molecule has 0 saturated heterocycles. The number of carbonyl (C=O) groups is 2. The van der Waals surface area contributed by atoms with Gasteiger partial charge in [0.05, 0.1) is 0 Å². The van der Waals surface area contributed by atoms with Crippen LogP contribution in [0.1, 0.15) is 36.1 Å². The predicted molar refractivity (Wildman–Crippen MR) is 121 cm³/mol. The van der Waals surface area contributed by atoms with Gasteiger partial charge in [-0.25, -0.2) is 9.59 Å². The molecule has 0 spiro atoms. The summed E-state index contributed by atoms with van der Waals surface area (Å²) in [4.78, 5) is 27.9. The van der Waals surface area contributed by atoms with Crippen LogP contribution in [-0.4, -0.2) is 27.5 Å². The van der Waals surface area contributed by atoms with Crippen LogP contribution in [0.15, 0.2) is 33.2 Å². The van der Waals surface area contributed by atoms with E-state index < -0.39 is 23.3 Å². The molecule has 0 radical (unpaired) electrons. The van der Waals surface area contributed by atoms with Gasteiger partial charge in [-0.15, -0.1) is 9.48 Å². The third kappa shape index (κ3) is 3.44. The molecule has 3 rings (SSSR count). The number of aliphatic hydroxyl groups is 1. The summed E-state index contributed by atoms with van der Waals surface area (Å²) >= 11 is 6.93. The smallest absolute Gasteiger partial charge is 0.446 e. The van der Waals surface area contributed by atoms with Crippen molar-refractivity contribution in [1.29, 1.82) is 0 Å². The standard InChI is InChI=1S/C22H22Br2N2O3/c1-11-7-15(23)8-12(2)17(11)25-19(27)22(5,6)20(28)26(21(25)29)18-13(3)9-16(24)10-14(18)4/h7-10H,1-6H3/p+1. The van der Waals surface area contributed by atoms with Crippen LogP contribution in [0.4, 0.5) is 11.4 Å². The number of hydrogen-bond donors (Lipinski definition) is 1. The summed E-state index contributed by atoms with van der Waals surface area (Å²) in [5.41, 5.74) is 3.06. The van der Waals surface area contributed by atoms with Gasteiger partial charge in [-0.1, -0.05) is 31.9 Å². The van der Waals surface area contributed by atoms with Gasteiger partial charge < -0.3 is 5.11 Å². The average molecular weight is 523 g/mol. The minimum absolute atomic E-state index is 0.402. The molecule has 5 nitrogen and oxygen atoms in total. The first-order valence-corrected chi connectivity index (χ1v) is 10.7. The molecule has 1 heterocycles. The van der Waals surface area contributed by atoms with E-state index in [2.05, 4.69) is 31.9 Å². The molecule has 0 unspecified atom stereocenters. The highest BCUT2D eigenvalue weighted by molar-refractivity contribution is 9.10. The van der Waals surface area contributed by atoms with Gasteiger partial charge >= 0.3 is 17.8 Å². The van der Waals surface area contributed by atoms with E-state index in [1.54, 1.807) is 13.8 Å². The highest BCUT2D eigenvalue weighted by Gasteiger charge is 2.57. The Morgan fingerprint density at radius 2 is 1.28 bits per heavy atom. The van der Waals surface area contributed by atoms with Crippen LogP contribution in [0.3, 0.4) is 0 Å². The van der Waals surface area contributed by atoms with E-state index in [1.807, 2.05) is 52.0 Å². The summed E-state index contributed by atoms with van der Waals surface area (Å²) in [7, 11) is 0. The molecule has 0 saturated carbocycles. The molecule has 152 valence electrons. The highest BCUT2D eigenvalue weighted by Crippen LogP contribution is 2.38. The molecular formula is C22H23Br2N2O3+. The van der Waals surface area contributed by atoms with Crippen LogP contribution in [-0.2, 0) is 9.59 Å². The van der Waals surface area contributed by atoms with Crippen molar-refractivity contribution in [1.82, 2.24) is 0 Å². The first-order chi connectivity index (χ1) is 13.4. The molecule has 2 amide bonds. The Bertz CT molecular complexity index is 1060. The number of amides is 2. The number of benzene rings is 2. The molecule has 1 aliphatic heterocycles. The Morgan fingerprint density at radius 3 is 1.72 bits per heavy atom. The fourth-order valence-corrected chi connectivity index (χ4v) is 5.22. The normalized spacial score (nSPS) is 16.6. The zero-order valence-electron chi connectivity index (χ0n) is 17.2. The maximum atomic E-state index is 13.3. The van der Waals surface area contributed by atoms with Gasteiger partial charge in [0.15, 0.2) is 5.41 Å².